The van der Waals surface area contributed by atoms with Gasteiger partial charge < -0.3 is 4.98 Å². The summed E-state index contributed by atoms with van der Waals surface area (Å²) in [6.45, 7) is 1.58. The normalized spacial score (nSPS) is 10.8. The number of hydrogen-bond donors (Lipinski definition) is 1. The van der Waals surface area contributed by atoms with Gasteiger partial charge in [0, 0.05) is 18.8 Å². The molecule has 1 N–H and O–H groups in total. The van der Waals surface area contributed by atoms with Crippen LogP contribution in [0.2, 0.25) is 0 Å². The van der Waals surface area contributed by atoms with E-state index in [-0.39, 0.29) is 5.91 Å². The number of benzene rings is 2. The van der Waals surface area contributed by atoms with Gasteiger partial charge in [0.15, 0.2) is 0 Å². The SMILES string of the molecule is CC(=O)n1cc2[nH]c(-c3ccccc3)ccc-2ccc2ccccc21. The van der Waals surface area contributed by atoms with Gasteiger partial charge >= 0.3 is 0 Å². The van der Waals surface area contributed by atoms with Crippen molar-refractivity contribution < 1.29 is 4.79 Å². The topological polar surface area (TPSA) is 37.8 Å². The van der Waals surface area contributed by atoms with Gasteiger partial charge in [-0.1, -0.05) is 66.7 Å². The van der Waals surface area contributed by atoms with Crippen molar-refractivity contribution >= 4 is 16.8 Å². The van der Waals surface area contributed by atoms with Gasteiger partial charge in [0.1, 0.15) is 0 Å². The van der Waals surface area contributed by atoms with Gasteiger partial charge in [0.05, 0.1) is 11.2 Å². The maximum atomic E-state index is 12.2. The Morgan fingerprint density at radius 1 is 0.760 bits per heavy atom. The molecule has 0 bridgehead atoms. The summed E-state index contributed by atoms with van der Waals surface area (Å²) in [6, 6.07) is 26.3. The number of H-pyrrole nitrogens is 1. The van der Waals surface area contributed by atoms with E-state index < -0.39 is 0 Å². The Kier molecular flexibility index (Phi) is 3.82. The summed E-state index contributed by atoms with van der Waals surface area (Å²) in [7, 11) is 0. The fraction of sp³-hybridized carbons (Fsp3) is 0.0455. The number of carbonyl (C=O) groups excluding carboxylic acids is 1. The number of aromatic amines is 1. The first kappa shape index (κ1) is 15.2. The van der Waals surface area contributed by atoms with Crippen LogP contribution in [0.15, 0.2) is 85.1 Å². The third kappa shape index (κ3) is 2.92. The Morgan fingerprint density at radius 2 is 1.44 bits per heavy atom. The lowest BCUT2D eigenvalue weighted by Gasteiger charge is -2.12. The van der Waals surface area contributed by atoms with Crippen molar-refractivity contribution in [1.29, 1.82) is 0 Å². The zero-order chi connectivity index (χ0) is 17.2. The van der Waals surface area contributed by atoms with E-state index >= 15 is 0 Å². The van der Waals surface area contributed by atoms with Crippen molar-refractivity contribution in [2.45, 2.75) is 6.92 Å². The number of rotatable bonds is 1. The average Bonchev–Trinajstić information content (AvgIpc) is 2.64. The number of para-hydroxylation sites is 1. The van der Waals surface area contributed by atoms with Crippen LogP contribution < -0.4 is 0 Å². The van der Waals surface area contributed by atoms with Crippen molar-refractivity contribution in [3.05, 3.63) is 85.1 Å². The molecule has 2 heterocycles. The van der Waals surface area contributed by atoms with Crippen LogP contribution in [0.1, 0.15) is 11.7 Å². The highest BCUT2D eigenvalue weighted by molar-refractivity contribution is 5.90. The molecule has 3 nitrogen and oxygen atoms in total. The lowest BCUT2D eigenvalue weighted by atomic mass is 10.1. The molecule has 2 aliphatic rings. The highest BCUT2D eigenvalue weighted by Crippen LogP contribution is 2.25. The molecule has 0 saturated heterocycles. The molecule has 0 amide bonds. The first-order valence-electron chi connectivity index (χ1n) is 8.26. The number of fused-ring (bicyclic) bond motifs is 2. The van der Waals surface area contributed by atoms with E-state index in [2.05, 4.69) is 35.3 Å². The van der Waals surface area contributed by atoms with Gasteiger partial charge in [-0.15, -0.1) is 0 Å². The highest BCUT2D eigenvalue weighted by atomic mass is 16.1. The van der Waals surface area contributed by atoms with Crippen molar-refractivity contribution in [1.82, 2.24) is 9.55 Å². The summed E-state index contributed by atoms with van der Waals surface area (Å²) in [5.41, 5.74) is 4.96. The number of hydrogen-bond acceptors (Lipinski definition) is 1. The maximum absolute atomic E-state index is 12.2. The zero-order valence-corrected chi connectivity index (χ0v) is 13.9. The van der Waals surface area contributed by atoms with Crippen molar-refractivity contribution in [3.63, 3.8) is 0 Å². The molecule has 0 saturated carbocycles. The van der Waals surface area contributed by atoms with Gasteiger partial charge in [0.25, 0.3) is 0 Å². The number of nitrogens with zero attached hydrogens (tertiary/aromatic N) is 1. The summed E-state index contributed by atoms with van der Waals surface area (Å²) in [5, 5.41) is 1.02. The molecule has 2 aromatic rings. The van der Waals surface area contributed by atoms with Crippen LogP contribution >= 0.6 is 0 Å². The van der Waals surface area contributed by atoms with Crippen LogP contribution in [0.5, 0.6) is 0 Å². The molecule has 4 rings (SSSR count). The minimum absolute atomic E-state index is 0.0211. The van der Waals surface area contributed by atoms with E-state index in [1.807, 2.05) is 54.7 Å². The van der Waals surface area contributed by atoms with E-state index in [0.717, 1.165) is 33.4 Å². The molecular formula is C22H18N2O. The van der Waals surface area contributed by atoms with Crippen LogP contribution in [-0.2, 0) is 0 Å². The molecule has 3 heteroatoms. The van der Waals surface area contributed by atoms with Gasteiger partial charge in [-0.05, 0) is 28.6 Å². The second kappa shape index (κ2) is 6.29. The predicted molar refractivity (Wildman–Crippen MR) is 102 cm³/mol. The predicted octanol–water partition coefficient (Wildman–Crippen LogP) is 5.53. The first-order valence-corrected chi connectivity index (χ1v) is 8.26. The minimum atomic E-state index is -0.0211. The van der Waals surface area contributed by atoms with E-state index in [1.165, 1.54) is 0 Å². The second-order valence-electron chi connectivity index (χ2n) is 6.02. The van der Waals surface area contributed by atoms with E-state index in [1.54, 1.807) is 11.5 Å². The third-order valence-corrected chi connectivity index (χ3v) is 4.33. The molecule has 0 unspecified atom stereocenters. The summed E-state index contributed by atoms with van der Waals surface area (Å²) >= 11 is 0. The summed E-state index contributed by atoms with van der Waals surface area (Å²) in [6.07, 6.45) is 1.88. The lowest BCUT2D eigenvalue weighted by molar-refractivity contribution is 0.0941. The van der Waals surface area contributed by atoms with Crippen molar-refractivity contribution in [2.75, 3.05) is 0 Å². The largest absolute Gasteiger partial charge is 0.353 e. The second-order valence-corrected chi connectivity index (χ2v) is 6.02. The van der Waals surface area contributed by atoms with Crippen LogP contribution in [0.3, 0.4) is 0 Å². The molecule has 2 aliphatic heterocycles. The Labute approximate surface area is 146 Å². The quantitative estimate of drug-likeness (QED) is 0.491. The number of carbonyl (C=O) groups is 1. The number of nitrogens with one attached hydrogen (secondary N) is 1. The van der Waals surface area contributed by atoms with Gasteiger partial charge in [0.2, 0.25) is 5.91 Å². The fourth-order valence-electron chi connectivity index (χ4n) is 3.05. The number of pyridine rings is 1. The highest BCUT2D eigenvalue weighted by Gasteiger charge is 2.07. The Hall–Kier alpha value is -3.33. The molecule has 2 aromatic carbocycles. The van der Waals surface area contributed by atoms with E-state index in [0.29, 0.717) is 0 Å². The Morgan fingerprint density at radius 3 is 2.24 bits per heavy atom. The Bertz CT molecular complexity index is 1070. The zero-order valence-electron chi connectivity index (χ0n) is 13.9. The molecule has 0 radical (unpaired) electrons. The average molecular weight is 326 g/mol. The molecule has 0 fully saturated rings. The van der Waals surface area contributed by atoms with Crippen LogP contribution in [-0.4, -0.2) is 15.5 Å². The molecule has 0 atom stereocenters. The molecule has 122 valence electrons. The number of aromatic nitrogens is 2. The van der Waals surface area contributed by atoms with Gasteiger partial charge in [-0.25, -0.2) is 0 Å². The molecule has 0 aliphatic carbocycles. The maximum Gasteiger partial charge on any atom is 0.228 e. The van der Waals surface area contributed by atoms with Crippen LogP contribution in [0, 0.1) is 0 Å². The fourth-order valence-corrected chi connectivity index (χ4v) is 3.05. The molecule has 25 heavy (non-hydrogen) atoms. The molecule has 0 aromatic heterocycles. The molecule has 0 spiro atoms. The monoisotopic (exact) mass is 326 g/mol. The third-order valence-electron chi connectivity index (χ3n) is 4.33. The first-order chi connectivity index (χ1) is 12.2. The van der Waals surface area contributed by atoms with Crippen LogP contribution in [0.4, 0.5) is 0 Å². The standard InChI is InChI=1S/C22H18N2O/c1-16(25)24-15-21-18(11-12-19-9-5-6-10-22(19)24)13-14-20(23-21)17-7-3-2-4-8-17/h2-15,23H,1H3. The van der Waals surface area contributed by atoms with Crippen molar-refractivity contribution in [3.8, 4) is 22.5 Å². The summed E-state index contributed by atoms with van der Waals surface area (Å²) in [4.78, 5) is 15.7. The van der Waals surface area contributed by atoms with Gasteiger partial charge in [-0.3, -0.25) is 9.36 Å². The Balaban J connectivity index is 2.04. The van der Waals surface area contributed by atoms with Gasteiger partial charge in [-0.2, -0.15) is 0 Å². The van der Waals surface area contributed by atoms with E-state index in [4.69, 9.17) is 0 Å². The van der Waals surface area contributed by atoms with E-state index in [9.17, 15) is 4.79 Å². The molecular weight excluding hydrogens is 308 g/mol. The minimum Gasteiger partial charge on any atom is -0.353 e. The summed E-state index contributed by atoms with van der Waals surface area (Å²) < 4.78 is 1.70. The van der Waals surface area contributed by atoms with Crippen molar-refractivity contribution in [2.24, 2.45) is 0 Å². The lowest BCUT2D eigenvalue weighted by Crippen LogP contribution is -2.07. The summed E-state index contributed by atoms with van der Waals surface area (Å²) in [5.74, 6) is -0.0211. The van der Waals surface area contributed by atoms with Crippen LogP contribution in [0.25, 0.3) is 33.4 Å². The smallest absolute Gasteiger partial charge is 0.228 e.